The first kappa shape index (κ1) is 13.4. The van der Waals surface area contributed by atoms with Crippen LogP contribution in [0.3, 0.4) is 0 Å². The van der Waals surface area contributed by atoms with E-state index in [1.54, 1.807) is 0 Å². The lowest BCUT2D eigenvalue weighted by molar-refractivity contribution is -0.621. The van der Waals surface area contributed by atoms with Crippen LogP contribution in [0.2, 0.25) is 0 Å². The fourth-order valence-corrected chi connectivity index (χ4v) is 1.04. The molecule has 0 heterocycles. The maximum atomic E-state index is 4.65. The lowest BCUT2D eigenvalue weighted by Gasteiger charge is -2.00. The highest BCUT2D eigenvalue weighted by atomic mass is 17.7. The predicted molar refractivity (Wildman–Crippen MR) is 52.8 cm³/mol. The zero-order chi connectivity index (χ0) is 10.5. The molecule has 0 fully saturated rings. The summed E-state index contributed by atoms with van der Waals surface area (Å²) in [4.78, 5) is 8.86. The van der Waals surface area contributed by atoms with Gasteiger partial charge in [-0.1, -0.05) is 45.6 Å². The van der Waals surface area contributed by atoms with Crippen molar-refractivity contribution in [3.8, 4) is 0 Å². The SMILES string of the molecule is C=COOOOCCCCCCCC. The van der Waals surface area contributed by atoms with Gasteiger partial charge in [0.25, 0.3) is 0 Å². The van der Waals surface area contributed by atoms with Crippen molar-refractivity contribution in [1.29, 1.82) is 0 Å². The third kappa shape index (κ3) is 11.4. The van der Waals surface area contributed by atoms with Crippen LogP contribution in [0, 0.1) is 0 Å². The van der Waals surface area contributed by atoms with Crippen LogP contribution in [0.5, 0.6) is 0 Å². The van der Waals surface area contributed by atoms with Crippen molar-refractivity contribution in [3.63, 3.8) is 0 Å². The van der Waals surface area contributed by atoms with Gasteiger partial charge in [-0.25, -0.2) is 4.89 Å². The van der Waals surface area contributed by atoms with Crippen LogP contribution >= 0.6 is 0 Å². The number of hydrogen-bond acceptors (Lipinski definition) is 4. The van der Waals surface area contributed by atoms with Gasteiger partial charge in [0.15, 0.2) is 0 Å². The van der Waals surface area contributed by atoms with Crippen molar-refractivity contribution in [2.75, 3.05) is 6.61 Å². The Hall–Kier alpha value is -0.580. The largest absolute Gasteiger partial charge is 0.315 e. The summed E-state index contributed by atoms with van der Waals surface area (Å²) in [6.07, 6.45) is 8.37. The molecule has 4 nitrogen and oxygen atoms in total. The molecule has 0 unspecified atom stereocenters. The fraction of sp³-hybridized carbons (Fsp3) is 0.800. The van der Waals surface area contributed by atoms with Gasteiger partial charge < -0.3 is 4.89 Å². The number of rotatable bonds is 11. The molecule has 0 N–H and O–H groups in total. The highest BCUT2D eigenvalue weighted by Crippen LogP contribution is 2.04. The second-order valence-electron chi connectivity index (χ2n) is 2.99. The minimum absolute atomic E-state index is 0.520. The Morgan fingerprint density at radius 1 is 1.00 bits per heavy atom. The van der Waals surface area contributed by atoms with E-state index in [2.05, 4.69) is 33.4 Å². The second kappa shape index (κ2) is 12.4. The summed E-state index contributed by atoms with van der Waals surface area (Å²) in [7, 11) is 0. The average molecular weight is 204 g/mol. The molecule has 0 saturated carbocycles. The lowest BCUT2D eigenvalue weighted by Crippen LogP contribution is -1.97. The molecule has 84 valence electrons. The standard InChI is InChI=1S/C10H20O4/c1-3-5-6-7-8-9-10-12-14-13-11-4-2/h4H,2-3,5-10H2,1H3. The molecule has 0 aromatic heterocycles. The van der Waals surface area contributed by atoms with Gasteiger partial charge >= 0.3 is 0 Å². The van der Waals surface area contributed by atoms with Gasteiger partial charge in [-0.2, -0.15) is 0 Å². The van der Waals surface area contributed by atoms with Gasteiger partial charge in [0.2, 0.25) is 0 Å². The summed E-state index contributed by atoms with van der Waals surface area (Å²) in [5, 5.41) is 8.30. The molecule has 0 spiro atoms. The van der Waals surface area contributed by atoms with Crippen molar-refractivity contribution < 1.29 is 19.9 Å². The van der Waals surface area contributed by atoms with Crippen molar-refractivity contribution >= 4 is 0 Å². The first-order valence-electron chi connectivity index (χ1n) is 5.14. The van der Waals surface area contributed by atoms with Gasteiger partial charge in [0, 0.05) is 5.04 Å². The van der Waals surface area contributed by atoms with E-state index in [-0.39, 0.29) is 0 Å². The topological polar surface area (TPSA) is 36.9 Å². The third-order valence-electron chi connectivity index (χ3n) is 1.76. The summed E-state index contributed by atoms with van der Waals surface area (Å²) < 4.78 is 0. The number of hydrogen-bond donors (Lipinski definition) is 0. The molecule has 0 atom stereocenters. The van der Waals surface area contributed by atoms with Crippen LogP contribution in [-0.2, 0) is 19.9 Å². The van der Waals surface area contributed by atoms with Crippen LogP contribution in [0.4, 0.5) is 0 Å². The van der Waals surface area contributed by atoms with Crippen molar-refractivity contribution in [1.82, 2.24) is 0 Å². The Labute approximate surface area is 85.6 Å². The van der Waals surface area contributed by atoms with E-state index < -0.39 is 0 Å². The van der Waals surface area contributed by atoms with Crippen LogP contribution in [0.15, 0.2) is 12.8 Å². The summed E-state index contributed by atoms with van der Waals surface area (Å²) in [5.41, 5.74) is 0. The van der Waals surface area contributed by atoms with E-state index in [9.17, 15) is 0 Å². The van der Waals surface area contributed by atoms with E-state index in [0.717, 1.165) is 19.1 Å². The second-order valence-corrected chi connectivity index (χ2v) is 2.99. The molecule has 0 bridgehead atoms. The normalized spacial score (nSPS) is 10.1. The molecule has 14 heavy (non-hydrogen) atoms. The van der Waals surface area contributed by atoms with E-state index in [1.165, 1.54) is 25.7 Å². The molecule has 0 aromatic rings. The van der Waals surface area contributed by atoms with Gasteiger partial charge in [-0.05, 0) is 11.5 Å². The maximum absolute atomic E-state index is 4.65. The van der Waals surface area contributed by atoms with Crippen molar-refractivity contribution in [2.45, 2.75) is 45.4 Å². The summed E-state index contributed by atoms with van der Waals surface area (Å²) >= 11 is 0. The quantitative estimate of drug-likeness (QED) is 0.224. The third-order valence-corrected chi connectivity index (χ3v) is 1.76. The first-order valence-corrected chi connectivity index (χ1v) is 5.14. The minimum Gasteiger partial charge on any atom is -0.315 e. The number of unbranched alkanes of at least 4 members (excludes halogenated alkanes) is 5. The van der Waals surface area contributed by atoms with Crippen LogP contribution in [0.25, 0.3) is 0 Å². The summed E-state index contributed by atoms with van der Waals surface area (Å²) in [6.45, 7) is 5.98. The minimum atomic E-state index is 0.520. The molecule has 0 aromatic carbocycles. The van der Waals surface area contributed by atoms with Crippen molar-refractivity contribution in [2.24, 2.45) is 0 Å². The monoisotopic (exact) mass is 204 g/mol. The highest BCUT2D eigenvalue weighted by molar-refractivity contribution is 4.42. The van der Waals surface area contributed by atoms with Crippen molar-refractivity contribution in [3.05, 3.63) is 12.8 Å². The molecule has 0 aliphatic carbocycles. The Kier molecular flexibility index (Phi) is 11.9. The Balaban J connectivity index is 2.81. The highest BCUT2D eigenvalue weighted by Gasteiger charge is 1.92. The van der Waals surface area contributed by atoms with E-state index in [4.69, 9.17) is 0 Å². The molecule has 0 aliphatic heterocycles. The fourth-order valence-electron chi connectivity index (χ4n) is 1.04. The average Bonchev–Trinajstić information content (AvgIpc) is 2.21. The van der Waals surface area contributed by atoms with Gasteiger partial charge in [-0.3, -0.25) is 0 Å². The first-order chi connectivity index (χ1) is 6.91. The molecule has 0 aliphatic rings. The van der Waals surface area contributed by atoms with E-state index in [0.29, 0.717) is 6.61 Å². The zero-order valence-electron chi connectivity index (χ0n) is 8.87. The van der Waals surface area contributed by atoms with Gasteiger partial charge in [0.1, 0.15) is 6.26 Å². The van der Waals surface area contributed by atoms with E-state index in [1.807, 2.05) is 0 Å². The van der Waals surface area contributed by atoms with Crippen LogP contribution in [0.1, 0.15) is 45.4 Å². The Bertz CT molecular complexity index is 117. The van der Waals surface area contributed by atoms with Crippen LogP contribution in [-0.4, -0.2) is 6.61 Å². The summed E-state index contributed by atoms with van der Waals surface area (Å²) in [5.74, 6) is 0. The van der Waals surface area contributed by atoms with Gasteiger partial charge in [-0.15, -0.1) is 0 Å². The predicted octanol–water partition coefficient (Wildman–Crippen LogP) is 3.30. The smallest absolute Gasteiger partial charge is 0.125 e. The molecule has 4 heteroatoms. The van der Waals surface area contributed by atoms with E-state index >= 15 is 0 Å². The Morgan fingerprint density at radius 2 is 1.71 bits per heavy atom. The Morgan fingerprint density at radius 3 is 2.43 bits per heavy atom. The molecular weight excluding hydrogens is 184 g/mol. The van der Waals surface area contributed by atoms with Gasteiger partial charge in [0.05, 0.1) is 6.61 Å². The molecule has 0 rings (SSSR count). The lowest BCUT2D eigenvalue weighted by atomic mass is 10.1. The molecule has 0 radical (unpaired) electrons. The maximum Gasteiger partial charge on any atom is 0.125 e. The zero-order valence-corrected chi connectivity index (χ0v) is 8.87. The molecular formula is C10H20O4. The summed E-state index contributed by atoms with van der Waals surface area (Å²) in [6, 6.07) is 0. The molecule has 0 amide bonds. The molecule has 0 saturated heterocycles. The van der Waals surface area contributed by atoms with Crippen LogP contribution < -0.4 is 0 Å².